The molecule has 0 bridgehead atoms. The first kappa shape index (κ1) is 14.6. The van der Waals surface area contributed by atoms with Crippen LogP contribution in [0.25, 0.3) is 0 Å². The number of hydrogen-bond donors (Lipinski definition) is 0. The van der Waals surface area contributed by atoms with Gasteiger partial charge in [-0.1, -0.05) is 0 Å². The maximum absolute atomic E-state index is 12.6. The Morgan fingerprint density at radius 2 is 2.22 bits per heavy atom. The first-order valence-corrected chi connectivity index (χ1v) is 5.19. The third-order valence-electron chi connectivity index (χ3n) is 2.10. The van der Waals surface area contributed by atoms with E-state index in [9.17, 15) is 18.0 Å². The summed E-state index contributed by atoms with van der Waals surface area (Å²) in [6.07, 6.45) is -3.84. The summed E-state index contributed by atoms with van der Waals surface area (Å²) in [6.45, 7) is 0.112. The van der Waals surface area contributed by atoms with Crippen LogP contribution in [0.15, 0.2) is 22.1 Å². The van der Waals surface area contributed by atoms with E-state index < -0.39 is 23.0 Å². The van der Waals surface area contributed by atoms with Gasteiger partial charge < -0.3 is 9.30 Å². The van der Waals surface area contributed by atoms with E-state index in [0.29, 0.717) is 6.07 Å². The summed E-state index contributed by atoms with van der Waals surface area (Å²) >= 11 is 4.29. The predicted octanol–water partition coefficient (Wildman–Crippen LogP) is 2.25. The minimum absolute atomic E-state index is 0.000792. The molecule has 1 aromatic rings. The van der Waals surface area contributed by atoms with Gasteiger partial charge in [0.1, 0.15) is 5.69 Å². The quantitative estimate of drug-likeness (QED) is 0.626. The highest BCUT2D eigenvalue weighted by Crippen LogP contribution is 2.30. The van der Waals surface area contributed by atoms with Gasteiger partial charge in [0, 0.05) is 19.9 Å². The molecule has 0 fully saturated rings. The third kappa shape index (κ3) is 3.49. The van der Waals surface area contributed by atoms with Crippen LogP contribution in [0.3, 0.4) is 0 Å². The summed E-state index contributed by atoms with van der Waals surface area (Å²) in [6, 6.07) is 0.644. The van der Waals surface area contributed by atoms with Crippen molar-refractivity contribution in [3.8, 4) is 0 Å². The highest BCUT2D eigenvalue weighted by Gasteiger charge is 2.32. The summed E-state index contributed by atoms with van der Waals surface area (Å²) in [5.41, 5.74) is -2.03. The molecule has 0 unspecified atom stereocenters. The van der Waals surface area contributed by atoms with E-state index in [1.807, 2.05) is 5.16 Å². The van der Waals surface area contributed by atoms with Crippen LogP contribution >= 0.6 is 12.2 Å². The smallest absolute Gasteiger partial charge is 0.383 e. The SMILES string of the molecule is COCCn1cc(C(F)(F)F)cc(N=C=S)c1=O. The first-order chi connectivity index (χ1) is 8.40. The van der Waals surface area contributed by atoms with Crippen molar-refractivity contribution in [3.63, 3.8) is 0 Å². The third-order valence-corrected chi connectivity index (χ3v) is 2.19. The van der Waals surface area contributed by atoms with E-state index in [-0.39, 0.29) is 13.2 Å². The molecule has 0 spiro atoms. The number of halogens is 3. The molecule has 0 aliphatic heterocycles. The lowest BCUT2D eigenvalue weighted by Crippen LogP contribution is -2.24. The number of pyridine rings is 1. The Morgan fingerprint density at radius 3 is 2.72 bits per heavy atom. The lowest BCUT2D eigenvalue weighted by Gasteiger charge is -2.11. The van der Waals surface area contributed by atoms with Gasteiger partial charge in [-0.3, -0.25) is 4.79 Å². The molecule has 0 N–H and O–H groups in total. The minimum atomic E-state index is -4.56. The Kier molecular flexibility index (Phi) is 4.77. The van der Waals surface area contributed by atoms with Crippen LogP contribution in [0, 0.1) is 0 Å². The van der Waals surface area contributed by atoms with Crippen LogP contribution in [0.2, 0.25) is 0 Å². The second-order valence-electron chi connectivity index (χ2n) is 3.31. The number of alkyl halides is 3. The normalized spacial score (nSPS) is 11.1. The summed E-state index contributed by atoms with van der Waals surface area (Å²) in [5, 5.41) is 1.88. The summed E-state index contributed by atoms with van der Waals surface area (Å²) < 4.78 is 43.4. The number of isothiocyanates is 1. The maximum atomic E-state index is 12.6. The molecular formula is C10H9F3N2O2S. The van der Waals surface area contributed by atoms with Crippen LogP contribution in [-0.2, 0) is 17.5 Å². The van der Waals surface area contributed by atoms with E-state index in [4.69, 9.17) is 4.74 Å². The number of ether oxygens (including phenoxy) is 1. The Bertz CT molecular complexity index is 533. The molecule has 18 heavy (non-hydrogen) atoms. The van der Waals surface area contributed by atoms with Gasteiger partial charge in [0.25, 0.3) is 5.56 Å². The first-order valence-electron chi connectivity index (χ1n) is 4.78. The summed E-state index contributed by atoms with van der Waals surface area (Å²) in [4.78, 5) is 15.0. The molecule has 0 aliphatic rings. The van der Waals surface area contributed by atoms with Crippen molar-refractivity contribution >= 4 is 23.1 Å². The number of aromatic nitrogens is 1. The number of nitrogens with zero attached hydrogens (tertiary/aromatic N) is 2. The molecule has 1 rings (SSSR count). The molecule has 0 saturated heterocycles. The lowest BCUT2D eigenvalue weighted by molar-refractivity contribution is -0.138. The van der Waals surface area contributed by atoms with E-state index in [0.717, 1.165) is 10.8 Å². The Hall–Kier alpha value is -1.50. The van der Waals surface area contributed by atoms with Crippen molar-refractivity contribution in [2.24, 2.45) is 4.99 Å². The topological polar surface area (TPSA) is 43.6 Å². The highest BCUT2D eigenvalue weighted by molar-refractivity contribution is 7.78. The van der Waals surface area contributed by atoms with Gasteiger partial charge in [0.2, 0.25) is 0 Å². The van der Waals surface area contributed by atoms with Crippen molar-refractivity contribution in [1.29, 1.82) is 0 Å². The molecule has 4 nitrogen and oxygen atoms in total. The van der Waals surface area contributed by atoms with E-state index >= 15 is 0 Å². The number of thiocarbonyl (C=S) groups is 1. The van der Waals surface area contributed by atoms with Crippen LogP contribution in [0.1, 0.15) is 5.56 Å². The fourth-order valence-electron chi connectivity index (χ4n) is 1.26. The molecule has 0 amide bonds. The van der Waals surface area contributed by atoms with E-state index in [2.05, 4.69) is 17.2 Å². The van der Waals surface area contributed by atoms with Gasteiger partial charge in [-0.25, -0.2) is 0 Å². The second kappa shape index (κ2) is 5.90. The van der Waals surface area contributed by atoms with E-state index in [1.165, 1.54) is 7.11 Å². The molecule has 0 aliphatic carbocycles. The average Bonchev–Trinajstić information content (AvgIpc) is 2.29. The fourth-order valence-corrected chi connectivity index (χ4v) is 1.36. The van der Waals surface area contributed by atoms with E-state index in [1.54, 1.807) is 0 Å². The minimum Gasteiger partial charge on any atom is -0.383 e. The van der Waals surface area contributed by atoms with Gasteiger partial charge in [-0.05, 0) is 18.3 Å². The molecule has 0 radical (unpaired) electrons. The standard InChI is InChI=1S/C10H9F3N2O2S/c1-17-3-2-15-5-7(10(11,12)13)4-8(9(15)16)14-6-18/h4-5H,2-3H2,1H3. The molecule has 1 heterocycles. The summed E-state index contributed by atoms with van der Waals surface area (Å²) in [7, 11) is 1.38. The van der Waals surface area contributed by atoms with Crippen LogP contribution in [-0.4, -0.2) is 23.4 Å². The zero-order valence-electron chi connectivity index (χ0n) is 9.32. The molecule has 0 atom stereocenters. The number of rotatable bonds is 4. The van der Waals surface area contributed by atoms with Gasteiger partial charge >= 0.3 is 6.18 Å². The maximum Gasteiger partial charge on any atom is 0.417 e. The van der Waals surface area contributed by atoms with Gasteiger partial charge in [0.05, 0.1) is 17.3 Å². The lowest BCUT2D eigenvalue weighted by atomic mass is 10.2. The molecular weight excluding hydrogens is 269 g/mol. The van der Waals surface area contributed by atoms with Crippen LogP contribution < -0.4 is 5.56 Å². The average molecular weight is 278 g/mol. The Morgan fingerprint density at radius 1 is 1.56 bits per heavy atom. The Balaban J connectivity index is 3.37. The predicted molar refractivity (Wildman–Crippen MR) is 62.3 cm³/mol. The zero-order valence-corrected chi connectivity index (χ0v) is 10.1. The second-order valence-corrected chi connectivity index (χ2v) is 3.49. The fraction of sp³-hybridized carbons (Fsp3) is 0.400. The van der Waals surface area contributed by atoms with Crippen molar-refractivity contribution in [2.75, 3.05) is 13.7 Å². The molecule has 1 aromatic heterocycles. The van der Waals surface area contributed by atoms with Gasteiger partial charge in [-0.2, -0.15) is 18.2 Å². The number of methoxy groups -OCH3 is 1. The molecule has 8 heteroatoms. The van der Waals surface area contributed by atoms with Crippen molar-refractivity contribution in [3.05, 3.63) is 28.2 Å². The number of hydrogen-bond acceptors (Lipinski definition) is 4. The van der Waals surface area contributed by atoms with Gasteiger partial charge in [-0.15, -0.1) is 0 Å². The summed E-state index contributed by atoms with van der Waals surface area (Å²) in [5.74, 6) is 0. The van der Waals surface area contributed by atoms with Crippen LogP contribution in [0.4, 0.5) is 18.9 Å². The van der Waals surface area contributed by atoms with Gasteiger partial charge in [0.15, 0.2) is 0 Å². The molecule has 0 saturated carbocycles. The van der Waals surface area contributed by atoms with Crippen LogP contribution in [0.5, 0.6) is 0 Å². The Labute approximate surface area is 106 Å². The largest absolute Gasteiger partial charge is 0.417 e. The highest BCUT2D eigenvalue weighted by atomic mass is 32.1. The number of aliphatic imine (C=N–C) groups is 1. The van der Waals surface area contributed by atoms with Crippen molar-refractivity contribution in [2.45, 2.75) is 12.7 Å². The van der Waals surface area contributed by atoms with Crippen molar-refractivity contribution < 1.29 is 17.9 Å². The molecule has 98 valence electrons. The zero-order chi connectivity index (χ0) is 13.8. The molecule has 0 aromatic carbocycles. The van der Waals surface area contributed by atoms with Crippen molar-refractivity contribution in [1.82, 2.24) is 4.57 Å². The monoisotopic (exact) mass is 278 g/mol.